The highest BCUT2D eigenvalue weighted by atomic mass is 16.6. The summed E-state index contributed by atoms with van der Waals surface area (Å²) in [6.45, 7) is 0.741. The smallest absolute Gasteiger partial charge is 0.153 e. The predicted molar refractivity (Wildman–Crippen MR) is 60.9 cm³/mol. The van der Waals surface area contributed by atoms with Crippen LogP contribution >= 0.6 is 0 Å². The fourth-order valence-corrected chi connectivity index (χ4v) is 2.48. The monoisotopic (exact) mass is 210 g/mol. The van der Waals surface area contributed by atoms with E-state index in [1.807, 2.05) is 0 Å². The van der Waals surface area contributed by atoms with Crippen molar-refractivity contribution in [2.45, 2.75) is 51.0 Å². The van der Waals surface area contributed by atoms with E-state index in [9.17, 15) is 0 Å². The minimum Gasteiger partial charge on any atom is -0.485 e. The average Bonchev–Trinajstić information content (AvgIpc) is 3.10. The molecule has 0 aromatic heterocycles. The predicted octanol–water partition coefficient (Wildman–Crippen LogP) is 1.87. The highest BCUT2D eigenvalue weighted by molar-refractivity contribution is 5.13. The van der Waals surface area contributed by atoms with Crippen molar-refractivity contribution in [1.29, 1.82) is 0 Å². The molecule has 4 N–H and O–H groups in total. The lowest BCUT2D eigenvalue weighted by Crippen LogP contribution is -2.31. The first kappa shape index (κ1) is 10.8. The van der Waals surface area contributed by atoms with E-state index in [1.54, 1.807) is 0 Å². The first-order valence-corrected chi connectivity index (χ1v) is 6.13. The second-order valence-electron chi connectivity index (χ2n) is 4.84. The number of epoxide rings is 1. The third-order valence-corrected chi connectivity index (χ3v) is 3.65. The zero-order valence-electron chi connectivity index (χ0n) is 9.37. The summed E-state index contributed by atoms with van der Waals surface area (Å²) in [5, 5.41) is 0. The van der Waals surface area contributed by atoms with Gasteiger partial charge in [0.05, 0.1) is 5.70 Å². The number of nitrogens with two attached hydrogens (primary N) is 2. The van der Waals surface area contributed by atoms with Crippen LogP contribution in [0.4, 0.5) is 0 Å². The molecule has 3 heteroatoms. The first-order valence-electron chi connectivity index (χ1n) is 6.13. The van der Waals surface area contributed by atoms with Gasteiger partial charge in [-0.3, -0.25) is 0 Å². The molecule has 15 heavy (non-hydrogen) atoms. The van der Waals surface area contributed by atoms with E-state index in [0.717, 1.165) is 36.8 Å². The lowest BCUT2D eigenvalue weighted by molar-refractivity contribution is 0.294. The number of hydrogen-bond acceptors (Lipinski definition) is 3. The largest absolute Gasteiger partial charge is 0.485 e. The Balaban J connectivity index is 1.71. The van der Waals surface area contributed by atoms with Crippen LogP contribution in [-0.4, -0.2) is 12.6 Å². The summed E-state index contributed by atoms with van der Waals surface area (Å²) >= 11 is 0. The number of ether oxygens (including phenoxy) is 1. The highest BCUT2D eigenvalue weighted by Crippen LogP contribution is 2.28. The van der Waals surface area contributed by atoms with E-state index in [-0.39, 0.29) is 0 Å². The molecule has 0 aromatic carbocycles. The summed E-state index contributed by atoms with van der Waals surface area (Å²) < 4.78 is 5.06. The van der Waals surface area contributed by atoms with E-state index in [4.69, 9.17) is 16.2 Å². The van der Waals surface area contributed by atoms with Crippen LogP contribution in [-0.2, 0) is 4.74 Å². The Morgan fingerprint density at radius 3 is 2.60 bits per heavy atom. The van der Waals surface area contributed by atoms with Gasteiger partial charge < -0.3 is 16.2 Å². The molecule has 0 bridgehead atoms. The van der Waals surface area contributed by atoms with Gasteiger partial charge in [-0.05, 0) is 31.6 Å². The number of allylic oxidation sites excluding steroid dienone is 1. The lowest BCUT2D eigenvalue weighted by Gasteiger charge is -2.27. The highest BCUT2D eigenvalue weighted by Gasteiger charge is 2.22. The van der Waals surface area contributed by atoms with E-state index < -0.39 is 0 Å². The summed E-state index contributed by atoms with van der Waals surface area (Å²) in [6.07, 6.45) is 8.66. The summed E-state index contributed by atoms with van der Waals surface area (Å²) in [7, 11) is 0. The third kappa shape index (κ3) is 3.13. The van der Waals surface area contributed by atoms with Crippen molar-refractivity contribution < 1.29 is 4.74 Å². The Labute approximate surface area is 91.8 Å². The quantitative estimate of drug-likeness (QED) is 0.696. The average molecular weight is 210 g/mol. The van der Waals surface area contributed by atoms with Crippen LogP contribution in [0.3, 0.4) is 0 Å². The molecule has 1 heterocycles. The van der Waals surface area contributed by atoms with Gasteiger partial charge in [0.1, 0.15) is 6.61 Å². The Morgan fingerprint density at radius 2 is 2.00 bits per heavy atom. The van der Waals surface area contributed by atoms with Crippen LogP contribution in [0.25, 0.3) is 0 Å². The van der Waals surface area contributed by atoms with Gasteiger partial charge in [0.2, 0.25) is 0 Å². The second-order valence-corrected chi connectivity index (χ2v) is 4.84. The molecule has 2 rings (SSSR count). The van der Waals surface area contributed by atoms with Crippen molar-refractivity contribution in [3.63, 3.8) is 0 Å². The third-order valence-electron chi connectivity index (χ3n) is 3.65. The van der Waals surface area contributed by atoms with E-state index in [1.165, 1.54) is 32.1 Å². The fraction of sp³-hybridized carbons (Fsp3) is 0.833. The van der Waals surface area contributed by atoms with Gasteiger partial charge >= 0.3 is 0 Å². The van der Waals surface area contributed by atoms with E-state index >= 15 is 0 Å². The molecule has 1 aliphatic carbocycles. The molecule has 1 unspecified atom stereocenters. The first-order chi connectivity index (χ1) is 7.27. The van der Waals surface area contributed by atoms with Crippen molar-refractivity contribution >= 4 is 0 Å². The molecule has 2 fully saturated rings. The Kier molecular flexibility index (Phi) is 3.52. The maximum absolute atomic E-state index is 6.20. The fourth-order valence-electron chi connectivity index (χ4n) is 2.48. The van der Waals surface area contributed by atoms with Gasteiger partial charge in [-0.15, -0.1) is 0 Å². The van der Waals surface area contributed by atoms with Crippen molar-refractivity contribution in [2.75, 3.05) is 6.61 Å². The molecule has 0 amide bonds. The Morgan fingerprint density at radius 1 is 1.33 bits per heavy atom. The second kappa shape index (κ2) is 4.88. The summed E-state index contributed by atoms with van der Waals surface area (Å²) in [5.74, 6) is 1.72. The normalized spacial score (nSPS) is 27.0. The van der Waals surface area contributed by atoms with Crippen molar-refractivity contribution in [3.8, 4) is 0 Å². The molecule has 0 spiro atoms. The SMILES string of the molecule is NC(CCC(N)C1CCCCC1)=C1CO1. The van der Waals surface area contributed by atoms with Crippen LogP contribution in [0.2, 0.25) is 0 Å². The molecule has 3 nitrogen and oxygen atoms in total. The van der Waals surface area contributed by atoms with Gasteiger partial charge in [-0.1, -0.05) is 19.3 Å². The molecule has 1 aliphatic heterocycles. The molecule has 0 radical (unpaired) electrons. The van der Waals surface area contributed by atoms with Gasteiger partial charge in [0.25, 0.3) is 0 Å². The van der Waals surface area contributed by atoms with E-state index in [2.05, 4.69) is 0 Å². The van der Waals surface area contributed by atoms with Gasteiger partial charge in [0.15, 0.2) is 5.76 Å². The zero-order valence-corrected chi connectivity index (χ0v) is 9.37. The number of rotatable bonds is 4. The lowest BCUT2D eigenvalue weighted by atomic mass is 9.82. The van der Waals surface area contributed by atoms with Gasteiger partial charge in [-0.25, -0.2) is 0 Å². The minimum atomic E-state index is 0.336. The molecular weight excluding hydrogens is 188 g/mol. The molecule has 0 aromatic rings. The van der Waals surface area contributed by atoms with Crippen LogP contribution in [0, 0.1) is 5.92 Å². The van der Waals surface area contributed by atoms with Crippen LogP contribution in [0.1, 0.15) is 44.9 Å². The maximum Gasteiger partial charge on any atom is 0.153 e. The standard InChI is InChI=1S/C12H22N2O/c13-10(9-4-2-1-3-5-9)6-7-11(14)12-8-15-12/h9-10H,1-8,13-14H2. The van der Waals surface area contributed by atoms with E-state index in [0.29, 0.717) is 6.04 Å². The summed E-state index contributed by atoms with van der Waals surface area (Å²) in [6, 6.07) is 0.336. The van der Waals surface area contributed by atoms with Gasteiger partial charge in [0, 0.05) is 6.04 Å². The summed E-state index contributed by atoms with van der Waals surface area (Å²) in [5.41, 5.74) is 13.0. The Bertz CT molecular complexity index is 238. The maximum atomic E-state index is 6.20. The minimum absolute atomic E-state index is 0.336. The van der Waals surface area contributed by atoms with Crippen LogP contribution in [0.15, 0.2) is 11.5 Å². The summed E-state index contributed by atoms with van der Waals surface area (Å²) in [4.78, 5) is 0. The van der Waals surface area contributed by atoms with Crippen LogP contribution in [0.5, 0.6) is 0 Å². The molecular formula is C12H22N2O. The molecule has 1 saturated carbocycles. The zero-order chi connectivity index (χ0) is 10.7. The van der Waals surface area contributed by atoms with Crippen molar-refractivity contribution in [1.82, 2.24) is 0 Å². The van der Waals surface area contributed by atoms with Crippen molar-refractivity contribution in [2.24, 2.45) is 17.4 Å². The molecule has 2 aliphatic rings. The van der Waals surface area contributed by atoms with Gasteiger partial charge in [-0.2, -0.15) is 0 Å². The van der Waals surface area contributed by atoms with Crippen LogP contribution < -0.4 is 11.5 Å². The number of hydrogen-bond donors (Lipinski definition) is 2. The molecule has 1 atom stereocenters. The Hall–Kier alpha value is -0.700. The topological polar surface area (TPSA) is 64.6 Å². The molecule has 86 valence electrons. The molecule has 1 saturated heterocycles. The van der Waals surface area contributed by atoms with Crippen molar-refractivity contribution in [3.05, 3.63) is 11.5 Å².